The van der Waals surface area contributed by atoms with Gasteiger partial charge < -0.3 is 10.0 Å². The minimum Gasteiger partial charge on any atom is -0.480 e. The van der Waals surface area contributed by atoms with Crippen LogP contribution in [0.25, 0.3) is 0 Å². The fraction of sp³-hybridized carbons (Fsp3) is 0.263. The van der Waals surface area contributed by atoms with Crippen molar-refractivity contribution in [1.29, 1.82) is 0 Å². The number of carbonyl (C=O) groups is 2. The summed E-state index contributed by atoms with van der Waals surface area (Å²) in [5.74, 6) is -1.24. The Morgan fingerprint density at radius 1 is 1.04 bits per heavy atom. The Balaban J connectivity index is 1.67. The molecule has 5 heteroatoms. The molecule has 1 heterocycles. The maximum atomic E-state index is 13.0. The number of benzene rings is 2. The van der Waals surface area contributed by atoms with Crippen molar-refractivity contribution in [1.82, 2.24) is 4.90 Å². The number of carboxylic acid groups (broad SMARTS) is 1. The van der Waals surface area contributed by atoms with E-state index in [4.69, 9.17) is 0 Å². The van der Waals surface area contributed by atoms with E-state index in [2.05, 4.69) is 15.9 Å². The van der Waals surface area contributed by atoms with Gasteiger partial charge in [0.15, 0.2) is 0 Å². The summed E-state index contributed by atoms with van der Waals surface area (Å²) in [4.78, 5) is 26.3. The quantitative estimate of drug-likeness (QED) is 0.863. The fourth-order valence-electron chi connectivity index (χ4n) is 3.71. The van der Waals surface area contributed by atoms with Crippen LogP contribution in [0.15, 0.2) is 46.9 Å². The molecule has 4 nitrogen and oxygen atoms in total. The summed E-state index contributed by atoms with van der Waals surface area (Å²) >= 11 is 3.49. The Kier molecular flexibility index (Phi) is 3.68. The van der Waals surface area contributed by atoms with Crippen LogP contribution in [-0.2, 0) is 29.0 Å². The highest BCUT2D eigenvalue weighted by molar-refractivity contribution is 9.10. The zero-order valence-corrected chi connectivity index (χ0v) is 14.5. The first-order valence-electron chi connectivity index (χ1n) is 7.93. The minimum atomic E-state index is -0.947. The molecule has 2 aliphatic rings. The molecular formula is C19H16BrNO3. The molecular weight excluding hydrogens is 370 g/mol. The van der Waals surface area contributed by atoms with Crippen LogP contribution in [0, 0.1) is 0 Å². The van der Waals surface area contributed by atoms with Gasteiger partial charge in [-0.1, -0.05) is 52.3 Å². The summed E-state index contributed by atoms with van der Waals surface area (Å²) in [5.41, 5.74) is 4.22. The number of hydrogen-bond donors (Lipinski definition) is 1. The summed E-state index contributed by atoms with van der Waals surface area (Å²) in [5, 5.41) is 9.63. The molecule has 2 aromatic rings. The third-order valence-electron chi connectivity index (χ3n) is 5.05. The van der Waals surface area contributed by atoms with Crippen LogP contribution in [0.1, 0.15) is 28.2 Å². The topological polar surface area (TPSA) is 57.6 Å². The number of aliphatic carboxylic acids is 1. The van der Waals surface area contributed by atoms with Crippen LogP contribution in [0.4, 0.5) is 0 Å². The van der Waals surface area contributed by atoms with E-state index in [1.165, 1.54) is 10.5 Å². The predicted molar refractivity (Wildman–Crippen MR) is 92.7 cm³/mol. The number of halogens is 1. The molecule has 0 saturated carbocycles. The second-order valence-corrected chi connectivity index (χ2v) is 7.21. The molecule has 1 amide bonds. The molecule has 0 radical (unpaired) electrons. The first kappa shape index (κ1) is 15.4. The second kappa shape index (κ2) is 5.74. The van der Waals surface area contributed by atoms with Gasteiger partial charge in [-0.05, 0) is 34.7 Å². The summed E-state index contributed by atoms with van der Waals surface area (Å²) < 4.78 is 0.910. The molecule has 0 fully saturated rings. The molecule has 4 rings (SSSR count). The van der Waals surface area contributed by atoms with Crippen LogP contribution < -0.4 is 0 Å². The Morgan fingerprint density at radius 3 is 2.54 bits per heavy atom. The predicted octanol–water partition coefficient (Wildman–Crippen LogP) is 3.13. The van der Waals surface area contributed by atoms with Crippen molar-refractivity contribution in [3.63, 3.8) is 0 Å². The van der Waals surface area contributed by atoms with Crippen molar-refractivity contribution in [3.05, 3.63) is 69.2 Å². The molecule has 1 aliphatic heterocycles. The average molecular weight is 386 g/mol. The normalized spacial score (nSPS) is 21.5. The van der Waals surface area contributed by atoms with Crippen LogP contribution >= 0.6 is 15.9 Å². The zero-order chi connectivity index (χ0) is 16.8. The van der Waals surface area contributed by atoms with E-state index in [9.17, 15) is 14.7 Å². The number of nitrogens with zero attached hydrogens (tertiary/aromatic N) is 1. The van der Waals surface area contributed by atoms with Crippen molar-refractivity contribution < 1.29 is 14.7 Å². The standard InChI is InChI=1S/C19H16BrNO3/c20-16-7-3-5-12-10-21(17(19(23)24)9-14(12)16)18(22)15-8-11-4-1-2-6-13(11)15/h1-7,15,17H,8-10H2,(H,23,24). The number of rotatable bonds is 2. The van der Waals surface area contributed by atoms with Gasteiger partial charge >= 0.3 is 5.97 Å². The van der Waals surface area contributed by atoms with Crippen LogP contribution in [0.2, 0.25) is 0 Å². The van der Waals surface area contributed by atoms with Crippen LogP contribution in [0.3, 0.4) is 0 Å². The molecule has 2 unspecified atom stereocenters. The largest absolute Gasteiger partial charge is 0.480 e. The molecule has 1 aliphatic carbocycles. The average Bonchev–Trinajstić information content (AvgIpc) is 2.55. The van der Waals surface area contributed by atoms with Gasteiger partial charge in [-0.25, -0.2) is 4.79 Å². The van der Waals surface area contributed by atoms with E-state index >= 15 is 0 Å². The van der Waals surface area contributed by atoms with Gasteiger partial charge in [0, 0.05) is 17.4 Å². The van der Waals surface area contributed by atoms with Crippen molar-refractivity contribution in [2.75, 3.05) is 0 Å². The van der Waals surface area contributed by atoms with Gasteiger partial charge in [0.1, 0.15) is 6.04 Å². The molecule has 0 saturated heterocycles. The fourth-order valence-corrected chi connectivity index (χ4v) is 4.28. The Hall–Kier alpha value is -2.14. The molecule has 0 bridgehead atoms. The van der Waals surface area contributed by atoms with E-state index in [0.29, 0.717) is 19.4 Å². The van der Waals surface area contributed by atoms with E-state index in [0.717, 1.165) is 21.2 Å². The maximum absolute atomic E-state index is 13.0. The van der Waals surface area contributed by atoms with Gasteiger partial charge in [-0.2, -0.15) is 0 Å². The number of amides is 1. The highest BCUT2D eigenvalue weighted by Crippen LogP contribution is 2.38. The van der Waals surface area contributed by atoms with E-state index in [1.807, 2.05) is 42.5 Å². The van der Waals surface area contributed by atoms with E-state index in [1.54, 1.807) is 0 Å². The van der Waals surface area contributed by atoms with Gasteiger partial charge in [-0.3, -0.25) is 4.79 Å². The SMILES string of the molecule is O=C(O)C1Cc2c(Br)cccc2CN1C(=O)C1Cc2ccccc21. The minimum absolute atomic E-state index is 0.0771. The lowest BCUT2D eigenvalue weighted by atomic mass is 9.76. The smallest absolute Gasteiger partial charge is 0.326 e. The van der Waals surface area contributed by atoms with E-state index in [-0.39, 0.29) is 11.8 Å². The molecule has 0 spiro atoms. The summed E-state index contributed by atoms with van der Waals surface area (Å²) in [7, 11) is 0. The molecule has 2 aromatic carbocycles. The molecule has 122 valence electrons. The third-order valence-corrected chi connectivity index (χ3v) is 5.79. The lowest BCUT2D eigenvalue weighted by Crippen LogP contribution is -2.51. The number of hydrogen-bond acceptors (Lipinski definition) is 2. The van der Waals surface area contributed by atoms with Crippen molar-refractivity contribution in [2.24, 2.45) is 0 Å². The van der Waals surface area contributed by atoms with Crippen molar-refractivity contribution >= 4 is 27.8 Å². The van der Waals surface area contributed by atoms with E-state index < -0.39 is 12.0 Å². The molecule has 24 heavy (non-hydrogen) atoms. The number of fused-ring (bicyclic) bond motifs is 2. The monoisotopic (exact) mass is 385 g/mol. The zero-order valence-electron chi connectivity index (χ0n) is 12.9. The molecule has 0 aromatic heterocycles. The highest BCUT2D eigenvalue weighted by atomic mass is 79.9. The van der Waals surface area contributed by atoms with Crippen LogP contribution in [-0.4, -0.2) is 27.9 Å². The first-order valence-corrected chi connectivity index (χ1v) is 8.73. The lowest BCUT2D eigenvalue weighted by Gasteiger charge is -2.39. The van der Waals surface area contributed by atoms with Gasteiger partial charge in [-0.15, -0.1) is 0 Å². The Bertz CT molecular complexity index is 848. The Morgan fingerprint density at radius 2 is 1.79 bits per heavy atom. The summed E-state index contributed by atoms with van der Waals surface area (Å²) in [6.07, 6.45) is 1.04. The van der Waals surface area contributed by atoms with Gasteiger partial charge in [0.05, 0.1) is 5.92 Å². The second-order valence-electron chi connectivity index (χ2n) is 6.36. The molecule has 1 N–H and O–H groups in total. The number of carbonyl (C=O) groups excluding carboxylic acids is 1. The first-order chi connectivity index (χ1) is 11.6. The lowest BCUT2D eigenvalue weighted by molar-refractivity contribution is -0.152. The molecule has 2 atom stereocenters. The van der Waals surface area contributed by atoms with Gasteiger partial charge in [0.2, 0.25) is 5.91 Å². The van der Waals surface area contributed by atoms with Crippen molar-refractivity contribution in [3.8, 4) is 0 Å². The highest BCUT2D eigenvalue weighted by Gasteiger charge is 2.41. The van der Waals surface area contributed by atoms with Gasteiger partial charge in [0.25, 0.3) is 0 Å². The Labute approximate surface area is 148 Å². The summed E-state index contributed by atoms with van der Waals surface area (Å²) in [6.45, 7) is 0.350. The van der Waals surface area contributed by atoms with Crippen molar-refractivity contribution in [2.45, 2.75) is 31.3 Å². The summed E-state index contributed by atoms with van der Waals surface area (Å²) in [6, 6.07) is 12.9. The number of carboxylic acids is 1. The third kappa shape index (κ3) is 2.35. The maximum Gasteiger partial charge on any atom is 0.326 e. The van der Waals surface area contributed by atoms with Crippen LogP contribution in [0.5, 0.6) is 0 Å².